The van der Waals surface area contributed by atoms with E-state index in [1.165, 1.54) is 6.07 Å². The molecule has 0 fully saturated rings. The number of unbranched alkanes of at least 4 members (excludes halogenated alkanes) is 1. The standard InChI is InChI=1S/C10H13FO2/c11-6-1-2-7-13-10-5-3-4-9(12)8-10/h3-5,8,12H,1-2,6-7H2. The SMILES string of the molecule is Oc1cccc(OCCCCF)c1. The molecule has 0 aliphatic heterocycles. The summed E-state index contributed by atoms with van der Waals surface area (Å²) in [5.41, 5.74) is 0. The molecule has 0 saturated heterocycles. The van der Waals surface area contributed by atoms with Crippen molar-refractivity contribution in [1.29, 1.82) is 0 Å². The minimum absolute atomic E-state index is 0.183. The number of rotatable bonds is 5. The summed E-state index contributed by atoms with van der Waals surface area (Å²) in [6, 6.07) is 6.58. The van der Waals surface area contributed by atoms with Crippen LogP contribution >= 0.6 is 0 Å². The fourth-order valence-corrected chi connectivity index (χ4v) is 0.960. The molecule has 0 aromatic heterocycles. The van der Waals surface area contributed by atoms with Crippen LogP contribution in [0.25, 0.3) is 0 Å². The van der Waals surface area contributed by atoms with Crippen LogP contribution < -0.4 is 4.74 Å². The first kappa shape index (κ1) is 9.84. The van der Waals surface area contributed by atoms with E-state index in [-0.39, 0.29) is 12.4 Å². The lowest BCUT2D eigenvalue weighted by Crippen LogP contribution is -1.97. The number of phenolic OH excluding ortho intramolecular Hbond substituents is 1. The minimum Gasteiger partial charge on any atom is -0.508 e. The van der Waals surface area contributed by atoms with Crippen LogP contribution in [0.5, 0.6) is 11.5 Å². The van der Waals surface area contributed by atoms with Crippen LogP contribution in [-0.2, 0) is 0 Å². The van der Waals surface area contributed by atoms with E-state index in [9.17, 15) is 4.39 Å². The molecule has 0 heterocycles. The van der Waals surface area contributed by atoms with Gasteiger partial charge in [0.25, 0.3) is 0 Å². The summed E-state index contributed by atoms with van der Waals surface area (Å²) >= 11 is 0. The van der Waals surface area contributed by atoms with E-state index in [0.717, 1.165) is 0 Å². The lowest BCUT2D eigenvalue weighted by molar-refractivity contribution is 0.296. The van der Waals surface area contributed by atoms with Crippen LogP contribution in [0.3, 0.4) is 0 Å². The summed E-state index contributed by atoms with van der Waals surface area (Å²) in [6.07, 6.45) is 1.23. The van der Waals surface area contributed by atoms with Crippen molar-refractivity contribution in [3.8, 4) is 11.5 Å². The monoisotopic (exact) mass is 184 g/mol. The van der Waals surface area contributed by atoms with Gasteiger partial charge in [0, 0.05) is 6.07 Å². The Hall–Kier alpha value is -1.25. The molecule has 0 atom stereocenters. The van der Waals surface area contributed by atoms with Crippen molar-refractivity contribution in [2.75, 3.05) is 13.3 Å². The second-order valence-electron chi connectivity index (χ2n) is 2.74. The van der Waals surface area contributed by atoms with Crippen molar-refractivity contribution in [3.63, 3.8) is 0 Å². The van der Waals surface area contributed by atoms with E-state index in [4.69, 9.17) is 9.84 Å². The van der Waals surface area contributed by atoms with Gasteiger partial charge in [-0.15, -0.1) is 0 Å². The van der Waals surface area contributed by atoms with Crippen LogP contribution in [0.2, 0.25) is 0 Å². The molecule has 13 heavy (non-hydrogen) atoms. The number of hydrogen-bond acceptors (Lipinski definition) is 2. The van der Waals surface area contributed by atoms with Crippen LogP contribution in [-0.4, -0.2) is 18.4 Å². The molecule has 0 radical (unpaired) electrons. The lowest BCUT2D eigenvalue weighted by atomic mass is 10.3. The third kappa shape index (κ3) is 3.78. The Morgan fingerprint density at radius 3 is 2.85 bits per heavy atom. The van der Waals surface area contributed by atoms with E-state index >= 15 is 0 Å². The van der Waals surface area contributed by atoms with Crippen LogP contribution in [0.1, 0.15) is 12.8 Å². The normalized spacial score (nSPS) is 9.92. The van der Waals surface area contributed by atoms with Gasteiger partial charge in [0.15, 0.2) is 0 Å². The van der Waals surface area contributed by atoms with Gasteiger partial charge in [0.2, 0.25) is 0 Å². The number of ether oxygens (including phenoxy) is 1. The van der Waals surface area contributed by atoms with E-state index in [1.54, 1.807) is 18.2 Å². The Morgan fingerprint density at radius 1 is 1.31 bits per heavy atom. The van der Waals surface area contributed by atoms with E-state index in [0.29, 0.717) is 25.2 Å². The van der Waals surface area contributed by atoms with Crippen molar-refractivity contribution in [1.82, 2.24) is 0 Å². The molecule has 1 N–H and O–H groups in total. The zero-order valence-corrected chi connectivity index (χ0v) is 7.37. The molecule has 72 valence electrons. The number of hydrogen-bond donors (Lipinski definition) is 1. The van der Waals surface area contributed by atoms with Crippen molar-refractivity contribution in [2.24, 2.45) is 0 Å². The van der Waals surface area contributed by atoms with Crippen molar-refractivity contribution >= 4 is 0 Å². The fraction of sp³-hybridized carbons (Fsp3) is 0.400. The van der Waals surface area contributed by atoms with E-state index in [1.807, 2.05) is 0 Å². The third-order valence-corrected chi connectivity index (χ3v) is 1.61. The molecule has 1 rings (SSSR count). The van der Waals surface area contributed by atoms with Crippen molar-refractivity contribution < 1.29 is 14.2 Å². The molecule has 0 bridgehead atoms. The van der Waals surface area contributed by atoms with E-state index in [2.05, 4.69) is 0 Å². The number of aromatic hydroxyl groups is 1. The maximum absolute atomic E-state index is 11.7. The third-order valence-electron chi connectivity index (χ3n) is 1.61. The molecule has 0 amide bonds. The average Bonchev–Trinajstić information content (AvgIpc) is 2.13. The Kier molecular flexibility index (Phi) is 4.09. The van der Waals surface area contributed by atoms with Gasteiger partial charge in [0.1, 0.15) is 11.5 Å². The predicted molar refractivity (Wildman–Crippen MR) is 48.8 cm³/mol. The highest BCUT2D eigenvalue weighted by molar-refractivity contribution is 5.31. The summed E-state index contributed by atoms with van der Waals surface area (Å²) in [6.45, 7) is 0.191. The Morgan fingerprint density at radius 2 is 2.15 bits per heavy atom. The van der Waals surface area contributed by atoms with Crippen molar-refractivity contribution in [3.05, 3.63) is 24.3 Å². The number of benzene rings is 1. The van der Waals surface area contributed by atoms with Crippen LogP contribution in [0.4, 0.5) is 4.39 Å². The molecule has 0 spiro atoms. The van der Waals surface area contributed by atoms with Crippen LogP contribution in [0, 0.1) is 0 Å². The first-order valence-electron chi connectivity index (χ1n) is 4.31. The molecule has 1 aromatic rings. The number of halogens is 1. The molecule has 0 aliphatic rings. The van der Waals surface area contributed by atoms with Gasteiger partial charge in [-0.25, -0.2) is 0 Å². The summed E-state index contributed by atoms with van der Waals surface area (Å²) in [5, 5.41) is 9.08. The highest BCUT2D eigenvalue weighted by Gasteiger charge is 1.94. The number of phenols is 1. The van der Waals surface area contributed by atoms with Gasteiger partial charge in [-0.3, -0.25) is 4.39 Å². The smallest absolute Gasteiger partial charge is 0.122 e. The quantitative estimate of drug-likeness (QED) is 0.712. The zero-order valence-electron chi connectivity index (χ0n) is 7.37. The van der Waals surface area contributed by atoms with Crippen molar-refractivity contribution in [2.45, 2.75) is 12.8 Å². The molecular formula is C10H13FO2. The molecule has 0 saturated carbocycles. The van der Waals surface area contributed by atoms with Gasteiger partial charge in [0.05, 0.1) is 13.3 Å². The Balaban J connectivity index is 2.28. The number of alkyl halides is 1. The predicted octanol–water partition coefficient (Wildman–Crippen LogP) is 2.52. The fourth-order valence-electron chi connectivity index (χ4n) is 0.960. The first-order valence-corrected chi connectivity index (χ1v) is 4.31. The lowest BCUT2D eigenvalue weighted by Gasteiger charge is -2.04. The maximum Gasteiger partial charge on any atom is 0.122 e. The largest absolute Gasteiger partial charge is 0.508 e. The van der Waals surface area contributed by atoms with Gasteiger partial charge >= 0.3 is 0 Å². The highest BCUT2D eigenvalue weighted by Crippen LogP contribution is 2.17. The summed E-state index contributed by atoms with van der Waals surface area (Å²) in [5.74, 6) is 0.807. The maximum atomic E-state index is 11.7. The van der Waals surface area contributed by atoms with Gasteiger partial charge in [-0.2, -0.15) is 0 Å². The Bertz CT molecular complexity index is 250. The molecular weight excluding hydrogens is 171 g/mol. The Labute approximate surface area is 77.0 Å². The first-order chi connectivity index (χ1) is 6.33. The molecule has 3 heteroatoms. The van der Waals surface area contributed by atoms with Gasteiger partial charge in [-0.1, -0.05) is 6.07 Å². The second-order valence-corrected chi connectivity index (χ2v) is 2.74. The molecule has 1 aromatic carbocycles. The zero-order chi connectivity index (χ0) is 9.52. The topological polar surface area (TPSA) is 29.5 Å². The van der Waals surface area contributed by atoms with E-state index < -0.39 is 0 Å². The highest BCUT2D eigenvalue weighted by atomic mass is 19.1. The van der Waals surface area contributed by atoms with Crippen LogP contribution in [0.15, 0.2) is 24.3 Å². The summed E-state index contributed by atoms with van der Waals surface area (Å²) in [7, 11) is 0. The molecule has 2 nitrogen and oxygen atoms in total. The second kappa shape index (κ2) is 5.41. The summed E-state index contributed by atoms with van der Waals surface area (Å²) in [4.78, 5) is 0. The summed E-state index contributed by atoms with van der Waals surface area (Å²) < 4.78 is 16.9. The van der Waals surface area contributed by atoms with Gasteiger partial charge < -0.3 is 9.84 Å². The van der Waals surface area contributed by atoms with Gasteiger partial charge in [-0.05, 0) is 25.0 Å². The molecule has 0 unspecified atom stereocenters. The minimum atomic E-state index is -0.302. The molecule has 0 aliphatic carbocycles. The average molecular weight is 184 g/mol.